The topological polar surface area (TPSA) is 84.7 Å². The fourth-order valence-corrected chi connectivity index (χ4v) is 3.31. The maximum absolute atomic E-state index is 12.4. The molecule has 25 heavy (non-hydrogen) atoms. The lowest BCUT2D eigenvalue weighted by molar-refractivity contribution is -0.385. The third kappa shape index (κ3) is 5.69. The molecule has 1 N–H and O–H groups in total. The summed E-state index contributed by atoms with van der Waals surface area (Å²) in [5.74, 6) is 0.137. The van der Waals surface area contributed by atoms with Crippen LogP contribution in [0.2, 0.25) is 0 Å². The normalized spacial score (nSPS) is 18.3. The molecule has 2 rings (SSSR count). The Bertz CT molecular complexity index is 624. The van der Waals surface area contributed by atoms with Gasteiger partial charge in [-0.05, 0) is 24.3 Å². The molecule has 1 saturated heterocycles. The second kappa shape index (κ2) is 9.17. The number of nitrogens with one attached hydrogen (secondary N) is 1. The summed E-state index contributed by atoms with van der Waals surface area (Å²) in [5, 5.41) is 13.9. The number of thioether (sulfide) groups is 1. The Morgan fingerprint density at radius 3 is 2.92 bits per heavy atom. The summed E-state index contributed by atoms with van der Waals surface area (Å²) >= 11 is 1.44. The largest absolute Gasteiger partial charge is 0.374 e. The minimum absolute atomic E-state index is 0.0895. The van der Waals surface area contributed by atoms with Gasteiger partial charge in [0.25, 0.3) is 11.6 Å². The average Bonchev–Trinajstić information content (AvgIpc) is 2.58. The van der Waals surface area contributed by atoms with Gasteiger partial charge in [0.05, 0.1) is 17.6 Å². The van der Waals surface area contributed by atoms with Gasteiger partial charge >= 0.3 is 0 Å². The fraction of sp³-hybridized carbons (Fsp3) is 0.588. The molecule has 1 amide bonds. The van der Waals surface area contributed by atoms with E-state index in [1.54, 1.807) is 12.1 Å². The summed E-state index contributed by atoms with van der Waals surface area (Å²) in [7, 11) is 0. The first kappa shape index (κ1) is 19.7. The SMILES string of the molecule is CSc1ccc([N+](=O)[O-])c(C(=O)NCC2CN(CC(C)C)CCO2)c1. The van der Waals surface area contributed by atoms with Crippen LogP contribution >= 0.6 is 11.8 Å². The first-order valence-corrected chi connectivity index (χ1v) is 9.57. The van der Waals surface area contributed by atoms with E-state index in [2.05, 4.69) is 24.1 Å². The Morgan fingerprint density at radius 2 is 2.28 bits per heavy atom. The Hall–Kier alpha value is -1.64. The number of hydrogen-bond acceptors (Lipinski definition) is 6. The maximum atomic E-state index is 12.4. The van der Waals surface area contributed by atoms with Crippen LogP contribution in [0.3, 0.4) is 0 Å². The third-order valence-corrected chi connectivity index (χ3v) is 4.71. The molecule has 1 heterocycles. The smallest absolute Gasteiger partial charge is 0.282 e. The summed E-state index contributed by atoms with van der Waals surface area (Å²) in [6.45, 7) is 7.96. The number of rotatable bonds is 7. The van der Waals surface area contributed by atoms with Gasteiger partial charge in [0.15, 0.2) is 0 Å². The van der Waals surface area contributed by atoms with Crippen molar-refractivity contribution in [3.05, 3.63) is 33.9 Å². The van der Waals surface area contributed by atoms with E-state index >= 15 is 0 Å². The van der Waals surface area contributed by atoms with Crippen LogP contribution in [-0.4, -0.2) is 60.9 Å². The summed E-state index contributed by atoms with van der Waals surface area (Å²) in [4.78, 5) is 26.2. The van der Waals surface area contributed by atoms with Crippen LogP contribution in [0.4, 0.5) is 5.69 Å². The van der Waals surface area contributed by atoms with E-state index in [1.165, 1.54) is 17.8 Å². The number of nitro benzene ring substituents is 1. The van der Waals surface area contributed by atoms with Crippen molar-refractivity contribution >= 4 is 23.4 Å². The van der Waals surface area contributed by atoms with Gasteiger partial charge in [0.1, 0.15) is 5.56 Å². The molecule has 8 heteroatoms. The van der Waals surface area contributed by atoms with Crippen molar-refractivity contribution in [2.24, 2.45) is 5.92 Å². The molecule has 138 valence electrons. The van der Waals surface area contributed by atoms with Crippen molar-refractivity contribution in [1.82, 2.24) is 10.2 Å². The summed E-state index contributed by atoms with van der Waals surface area (Å²) in [6, 6.07) is 4.58. The van der Waals surface area contributed by atoms with Crippen molar-refractivity contribution < 1.29 is 14.5 Å². The van der Waals surface area contributed by atoms with Gasteiger partial charge in [-0.3, -0.25) is 19.8 Å². The van der Waals surface area contributed by atoms with E-state index in [0.717, 1.165) is 24.5 Å². The van der Waals surface area contributed by atoms with Crippen LogP contribution in [0.15, 0.2) is 23.1 Å². The highest BCUT2D eigenvalue weighted by molar-refractivity contribution is 7.98. The van der Waals surface area contributed by atoms with Crippen LogP contribution < -0.4 is 5.32 Å². The van der Waals surface area contributed by atoms with Gasteiger partial charge in [0.2, 0.25) is 0 Å². The number of ether oxygens (including phenoxy) is 1. The second-order valence-corrected chi connectivity index (χ2v) is 7.38. The number of morpholine rings is 1. The number of benzene rings is 1. The lowest BCUT2D eigenvalue weighted by atomic mass is 10.1. The number of nitro groups is 1. The lowest BCUT2D eigenvalue weighted by Crippen LogP contribution is -2.48. The molecule has 1 aromatic rings. The molecule has 0 bridgehead atoms. The van der Waals surface area contributed by atoms with Gasteiger partial charge < -0.3 is 10.1 Å². The van der Waals surface area contributed by atoms with E-state index in [-0.39, 0.29) is 17.4 Å². The third-order valence-electron chi connectivity index (χ3n) is 3.98. The second-order valence-electron chi connectivity index (χ2n) is 6.50. The molecule has 1 unspecified atom stereocenters. The highest BCUT2D eigenvalue weighted by Gasteiger charge is 2.24. The molecular weight excluding hydrogens is 342 g/mol. The Morgan fingerprint density at radius 1 is 1.52 bits per heavy atom. The summed E-state index contributed by atoms with van der Waals surface area (Å²) in [5.41, 5.74) is -0.0898. The van der Waals surface area contributed by atoms with Gasteiger partial charge in [-0.25, -0.2) is 0 Å². The first-order chi connectivity index (χ1) is 11.9. The zero-order valence-corrected chi connectivity index (χ0v) is 15.7. The van der Waals surface area contributed by atoms with E-state index in [0.29, 0.717) is 19.1 Å². The molecular formula is C17H25N3O4S. The van der Waals surface area contributed by atoms with Crippen LogP contribution in [0, 0.1) is 16.0 Å². The molecule has 0 spiro atoms. The van der Waals surface area contributed by atoms with Gasteiger partial charge in [-0.1, -0.05) is 13.8 Å². The van der Waals surface area contributed by atoms with E-state index in [1.807, 2.05) is 6.26 Å². The Kier molecular flexibility index (Phi) is 7.22. The minimum Gasteiger partial charge on any atom is -0.374 e. The first-order valence-electron chi connectivity index (χ1n) is 8.35. The highest BCUT2D eigenvalue weighted by Crippen LogP contribution is 2.24. The quantitative estimate of drug-likeness (QED) is 0.453. The molecule has 1 aliphatic rings. The fourth-order valence-electron chi connectivity index (χ4n) is 2.87. The van der Waals surface area contributed by atoms with E-state index < -0.39 is 10.8 Å². The van der Waals surface area contributed by atoms with E-state index in [9.17, 15) is 14.9 Å². The molecule has 1 aromatic carbocycles. The van der Waals surface area contributed by atoms with Crippen LogP contribution in [0.1, 0.15) is 24.2 Å². The Balaban J connectivity index is 1.99. The summed E-state index contributed by atoms with van der Waals surface area (Å²) < 4.78 is 5.70. The average molecular weight is 367 g/mol. The highest BCUT2D eigenvalue weighted by atomic mass is 32.2. The number of hydrogen-bond donors (Lipinski definition) is 1. The van der Waals surface area contributed by atoms with Gasteiger partial charge in [0, 0.05) is 37.1 Å². The molecule has 0 radical (unpaired) electrons. The monoisotopic (exact) mass is 367 g/mol. The number of carbonyl (C=O) groups is 1. The van der Waals surface area contributed by atoms with Crippen molar-refractivity contribution in [3.63, 3.8) is 0 Å². The zero-order valence-electron chi connectivity index (χ0n) is 14.9. The zero-order chi connectivity index (χ0) is 18.4. The molecule has 1 aliphatic heterocycles. The number of carbonyl (C=O) groups excluding carboxylic acids is 1. The van der Waals surface area contributed by atoms with Gasteiger partial charge in [-0.15, -0.1) is 11.8 Å². The molecule has 1 atom stereocenters. The van der Waals surface area contributed by atoms with Crippen molar-refractivity contribution in [2.75, 3.05) is 39.0 Å². The van der Waals surface area contributed by atoms with E-state index in [4.69, 9.17) is 4.74 Å². The predicted molar refractivity (Wildman–Crippen MR) is 98.2 cm³/mol. The molecule has 0 aromatic heterocycles. The lowest BCUT2D eigenvalue weighted by Gasteiger charge is -2.33. The predicted octanol–water partition coefficient (Wildman–Crippen LogP) is 2.40. The van der Waals surface area contributed by atoms with Crippen molar-refractivity contribution in [2.45, 2.75) is 24.8 Å². The Labute approximate surface area is 152 Å². The van der Waals surface area contributed by atoms with Crippen molar-refractivity contribution in [1.29, 1.82) is 0 Å². The van der Waals surface area contributed by atoms with Crippen LogP contribution in [-0.2, 0) is 4.74 Å². The maximum Gasteiger partial charge on any atom is 0.282 e. The molecule has 0 aliphatic carbocycles. The van der Waals surface area contributed by atoms with Gasteiger partial charge in [-0.2, -0.15) is 0 Å². The molecule has 0 saturated carbocycles. The minimum atomic E-state index is -0.527. The number of amides is 1. The van der Waals surface area contributed by atoms with Crippen molar-refractivity contribution in [3.8, 4) is 0 Å². The standard InChI is InChI=1S/C17H25N3O4S/c1-12(2)10-19-6-7-24-13(11-19)9-18-17(21)15-8-14(25-3)4-5-16(15)20(22)23/h4-5,8,12-13H,6-7,9-11H2,1-3H3,(H,18,21). The molecule has 7 nitrogen and oxygen atoms in total. The van der Waals surface area contributed by atoms with Crippen LogP contribution in [0.25, 0.3) is 0 Å². The molecule has 1 fully saturated rings. The van der Waals surface area contributed by atoms with Crippen LogP contribution in [0.5, 0.6) is 0 Å². The summed E-state index contributed by atoms with van der Waals surface area (Å²) in [6.07, 6.45) is 1.77. The number of nitrogens with zero attached hydrogens (tertiary/aromatic N) is 2.